The molecule has 4 rings (SSSR count). The lowest BCUT2D eigenvalue weighted by Gasteiger charge is -2.42. The van der Waals surface area contributed by atoms with E-state index in [1.165, 1.54) is 28.4 Å². The minimum atomic E-state index is -1.49. The van der Waals surface area contributed by atoms with Gasteiger partial charge < -0.3 is 59.1 Å². The van der Waals surface area contributed by atoms with Gasteiger partial charge in [-0.3, -0.25) is 0 Å². The van der Waals surface area contributed by atoms with Crippen LogP contribution in [0.2, 0.25) is 0 Å². The maximum atomic E-state index is 11.0. The Morgan fingerprint density at radius 1 is 0.846 bits per heavy atom. The quantitative estimate of drug-likeness (QED) is 0.254. The first-order chi connectivity index (χ1) is 18.7. The molecule has 2 aliphatic rings. The molecule has 0 spiro atoms. The topological polar surface area (TPSA) is 177 Å². The van der Waals surface area contributed by atoms with Gasteiger partial charge in [0.05, 0.1) is 41.7 Å². The molecule has 12 nitrogen and oxygen atoms in total. The second-order valence-electron chi connectivity index (χ2n) is 9.68. The third kappa shape index (κ3) is 5.28. The van der Waals surface area contributed by atoms with Crippen molar-refractivity contribution >= 4 is 0 Å². The summed E-state index contributed by atoms with van der Waals surface area (Å²) in [6, 6.07) is 4.96. The van der Waals surface area contributed by atoms with Crippen LogP contribution in [-0.4, -0.2) is 104 Å². The Bertz CT molecular complexity index is 1130. The number of phenolic OH excluding ortho intramolecular Hbond substituents is 2. The fraction of sp³-hybridized carbons (Fsp3) is 0.556. The van der Waals surface area contributed by atoms with Crippen LogP contribution in [0.3, 0.4) is 0 Å². The van der Waals surface area contributed by atoms with E-state index in [0.717, 1.165) is 5.56 Å². The highest BCUT2D eigenvalue weighted by Crippen LogP contribution is 2.54. The third-order valence-corrected chi connectivity index (χ3v) is 7.60. The smallest absolute Gasteiger partial charge is 0.201 e. The zero-order chi connectivity index (χ0) is 28.4. The minimum Gasteiger partial charge on any atom is -0.502 e. The molecule has 1 aliphatic heterocycles. The summed E-state index contributed by atoms with van der Waals surface area (Å²) in [6.45, 7) is -0.504. The van der Waals surface area contributed by atoms with E-state index in [1.807, 2.05) is 0 Å². The fourth-order valence-electron chi connectivity index (χ4n) is 5.55. The van der Waals surface area contributed by atoms with Crippen LogP contribution in [-0.2, 0) is 15.9 Å². The van der Waals surface area contributed by atoms with Crippen molar-refractivity contribution in [3.63, 3.8) is 0 Å². The summed E-state index contributed by atoms with van der Waals surface area (Å²) in [5, 5.41) is 62.3. The fourth-order valence-corrected chi connectivity index (χ4v) is 5.55. The van der Waals surface area contributed by atoms with Crippen LogP contribution in [0.15, 0.2) is 18.2 Å². The van der Waals surface area contributed by atoms with E-state index in [0.29, 0.717) is 17.5 Å². The molecule has 0 saturated carbocycles. The predicted octanol–water partition coefficient (Wildman–Crippen LogP) is 0.500. The average molecular weight is 553 g/mol. The Morgan fingerprint density at radius 2 is 1.46 bits per heavy atom. The molecule has 0 bridgehead atoms. The number of rotatable bonds is 9. The molecule has 0 amide bonds. The maximum Gasteiger partial charge on any atom is 0.201 e. The van der Waals surface area contributed by atoms with Crippen molar-refractivity contribution in [3.05, 3.63) is 34.9 Å². The van der Waals surface area contributed by atoms with Crippen LogP contribution in [0.25, 0.3) is 0 Å². The number of aliphatic hydroxyl groups is 4. The van der Waals surface area contributed by atoms with Crippen molar-refractivity contribution < 1.29 is 59.1 Å². The number of hydrogen-bond donors (Lipinski definition) is 6. The molecular weight excluding hydrogens is 516 g/mol. The molecule has 2 aromatic carbocycles. The van der Waals surface area contributed by atoms with Crippen molar-refractivity contribution in [2.75, 3.05) is 48.3 Å². The van der Waals surface area contributed by atoms with Crippen LogP contribution in [0.5, 0.6) is 34.5 Å². The molecule has 0 unspecified atom stereocenters. The Balaban J connectivity index is 1.86. The molecule has 6 N–H and O–H groups in total. The van der Waals surface area contributed by atoms with Crippen molar-refractivity contribution in [1.82, 2.24) is 0 Å². The first-order valence-electron chi connectivity index (χ1n) is 12.5. The van der Waals surface area contributed by atoms with Gasteiger partial charge >= 0.3 is 0 Å². The van der Waals surface area contributed by atoms with E-state index >= 15 is 0 Å². The van der Waals surface area contributed by atoms with Gasteiger partial charge in [-0.05, 0) is 47.6 Å². The molecule has 1 saturated heterocycles. The SMILES string of the molecule is COc1cc([C@H]2c3c(cc(OC)c(O)c3OC)C[C@@H](CO)[C@@H]2CO[C@@H]2OC[C@@H](O)[C@@H](O)[C@H]2O)cc(OC)c1O. The third-order valence-electron chi connectivity index (χ3n) is 7.60. The normalized spacial score (nSPS) is 28.5. The number of ether oxygens (including phenoxy) is 6. The van der Waals surface area contributed by atoms with Crippen molar-refractivity contribution in [3.8, 4) is 34.5 Å². The number of benzene rings is 2. The summed E-state index contributed by atoms with van der Waals surface area (Å²) in [6.07, 6.45) is -5.04. The average Bonchev–Trinajstić information content (AvgIpc) is 2.94. The number of phenols is 2. The van der Waals surface area contributed by atoms with E-state index in [-0.39, 0.29) is 60.2 Å². The first kappa shape index (κ1) is 29.0. The molecule has 1 aliphatic carbocycles. The number of hydrogen-bond acceptors (Lipinski definition) is 12. The zero-order valence-electron chi connectivity index (χ0n) is 22.2. The second kappa shape index (κ2) is 12.0. The lowest BCUT2D eigenvalue weighted by Crippen LogP contribution is -2.54. The molecular formula is C27H36O12. The molecule has 7 atom stereocenters. The lowest BCUT2D eigenvalue weighted by atomic mass is 9.66. The highest BCUT2D eigenvalue weighted by atomic mass is 16.7. The van der Waals surface area contributed by atoms with Gasteiger partial charge in [0.25, 0.3) is 0 Å². The summed E-state index contributed by atoms with van der Waals surface area (Å²) < 4.78 is 33.2. The summed E-state index contributed by atoms with van der Waals surface area (Å²) in [5.74, 6) is -1.16. The van der Waals surface area contributed by atoms with Crippen LogP contribution in [0.1, 0.15) is 22.6 Å². The van der Waals surface area contributed by atoms with Gasteiger partial charge in [-0.15, -0.1) is 0 Å². The van der Waals surface area contributed by atoms with Crippen molar-refractivity contribution in [2.45, 2.75) is 36.9 Å². The molecule has 2 aromatic rings. The summed E-state index contributed by atoms with van der Waals surface area (Å²) >= 11 is 0. The zero-order valence-corrected chi connectivity index (χ0v) is 22.2. The van der Waals surface area contributed by atoms with Gasteiger partial charge in [-0.1, -0.05) is 0 Å². The number of aromatic hydroxyl groups is 2. The Labute approximate surface area is 225 Å². The van der Waals surface area contributed by atoms with E-state index < -0.39 is 36.4 Å². The van der Waals surface area contributed by atoms with Gasteiger partial charge in [0, 0.05) is 18.1 Å². The summed E-state index contributed by atoms with van der Waals surface area (Å²) in [7, 11) is 5.66. The summed E-state index contributed by atoms with van der Waals surface area (Å²) in [5.41, 5.74) is 1.99. The monoisotopic (exact) mass is 552 g/mol. The van der Waals surface area contributed by atoms with Crippen LogP contribution >= 0.6 is 0 Å². The molecule has 216 valence electrons. The molecule has 1 heterocycles. The Hall–Kier alpha value is -3.00. The highest BCUT2D eigenvalue weighted by molar-refractivity contribution is 5.64. The van der Waals surface area contributed by atoms with E-state index in [1.54, 1.807) is 18.2 Å². The van der Waals surface area contributed by atoms with Gasteiger partial charge in [-0.2, -0.15) is 0 Å². The van der Waals surface area contributed by atoms with E-state index in [4.69, 9.17) is 28.4 Å². The molecule has 0 radical (unpaired) electrons. The van der Waals surface area contributed by atoms with E-state index in [2.05, 4.69) is 0 Å². The lowest BCUT2D eigenvalue weighted by molar-refractivity contribution is -0.274. The van der Waals surface area contributed by atoms with Gasteiger partial charge in [0.15, 0.2) is 29.3 Å². The minimum absolute atomic E-state index is 0.0542. The van der Waals surface area contributed by atoms with Crippen LogP contribution < -0.4 is 18.9 Å². The largest absolute Gasteiger partial charge is 0.502 e. The molecule has 12 heteroatoms. The van der Waals surface area contributed by atoms with Crippen LogP contribution in [0, 0.1) is 11.8 Å². The Morgan fingerprint density at radius 3 is 2.03 bits per heavy atom. The standard InChI is InChI=1S/C27H36O12/c1-34-17-7-13(8-18(35-2)23(17)31)20-15(10-38-27-25(33)22(30)16(29)11-39-27)14(9-28)5-12-6-19(36-3)24(32)26(37-4)21(12)20/h6-8,14-16,20,22,25,27-33H,5,9-11H2,1-4H3/t14-,15-,16+,20+,22+,25+,27+/m0/s1. The molecule has 1 fully saturated rings. The summed E-state index contributed by atoms with van der Waals surface area (Å²) in [4.78, 5) is 0. The molecule has 0 aromatic heterocycles. The van der Waals surface area contributed by atoms with Crippen LogP contribution in [0.4, 0.5) is 0 Å². The predicted molar refractivity (Wildman–Crippen MR) is 136 cm³/mol. The number of aliphatic hydroxyl groups excluding tert-OH is 4. The number of methoxy groups -OCH3 is 4. The van der Waals surface area contributed by atoms with Gasteiger partial charge in [-0.25, -0.2) is 0 Å². The first-order valence-corrected chi connectivity index (χ1v) is 12.5. The van der Waals surface area contributed by atoms with Crippen molar-refractivity contribution in [2.24, 2.45) is 11.8 Å². The second-order valence-corrected chi connectivity index (χ2v) is 9.68. The van der Waals surface area contributed by atoms with Gasteiger partial charge in [0.1, 0.15) is 18.3 Å². The highest BCUT2D eigenvalue weighted by Gasteiger charge is 2.44. The van der Waals surface area contributed by atoms with E-state index in [9.17, 15) is 30.6 Å². The number of fused-ring (bicyclic) bond motifs is 1. The van der Waals surface area contributed by atoms with Gasteiger partial charge in [0.2, 0.25) is 11.5 Å². The molecule has 39 heavy (non-hydrogen) atoms. The van der Waals surface area contributed by atoms with Crippen molar-refractivity contribution in [1.29, 1.82) is 0 Å². The maximum absolute atomic E-state index is 11.0. The Kier molecular flexibility index (Phi) is 8.94.